The number of nitrogens with zero attached hydrogens (tertiary/aromatic N) is 3. The number of aliphatic imine (C=N–C) groups is 1. The molecular formula is C17H24N4. The summed E-state index contributed by atoms with van der Waals surface area (Å²) >= 11 is 0. The van der Waals surface area contributed by atoms with Crippen LogP contribution in [0.4, 0.5) is 0 Å². The zero-order chi connectivity index (χ0) is 15.2. The summed E-state index contributed by atoms with van der Waals surface area (Å²) in [5.74, 6) is 0.802. The first-order chi connectivity index (χ1) is 10.1. The quantitative estimate of drug-likeness (QED) is 0.807. The monoisotopic (exact) mass is 284 g/mol. The molecule has 4 heteroatoms. The largest absolute Gasteiger partial charge is 0.385 e. The van der Waals surface area contributed by atoms with Gasteiger partial charge in [0.25, 0.3) is 0 Å². The average molecular weight is 284 g/mol. The summed E-state index contributed by atoms with van der Waals surface area (Å²) in [4.78, 5) is 9.10. The van der Waals surface area contributed by atoms with Crippen LogP contribution in [0.15, 0.2) is 65.1 Å². The number of rotatable bonds is 3. The normalized spacial score (nSPS) is 24.1. The van der Waals surface area contributed by atoms with Crippen LogP contribution in [0, 0.1) is 0 Å². The van der Waals surface area contributed by atoms with Crippen LogP contribution in [0.1, 0.15) is 6.92 Å². The van der Waals surface area contributed by atoms with Crippen LogP contribution in [-0.4, -0.2) is 48.7 Å². The van der Waals surface area contributed by atoms with E-state index in [0.29, 0.717) is 0 Å². The maximum atomic E-state index is 6.38. The van der Waals surface area contributed by atoms with Gasteiger partial charge >= 0.3 is 0 Å². The number of hydrogen-bond acceptors (Lipinski definition) is 4. The molecule has 2 rings (SSSR count). The highest BCUT2D eigenvalue weighted by Gasteiger charge is 2.18. The molecule has 21 heavy (non-hydrogen) atoms. The standard InChI is InChI=1S/C17H24N4/c1-4-7-14(2)19-16-9-6-5-8-15(16)17(18)21-12-10-20(3)11-13-21/h4-9H,2,10-13,18H2,1,3H3/b7-4+,17-15+,19-16-. The molecule has 0 aromatic heterocycles. The van der Waals surface area contributed by atoms with E-state index in [9.17, 15) is 0 Å². The van der Waals surface area contributed by atoms with Crippen molar-refractivity contribution in [3.8, 4) is 0 Å². The van der Waals surface area contributed by atoms with Gasteiger partial charge in [-0.1, -0.05) is 24.8 Å². The van der Waals surface area contributed by atoms with Gasteiger partial charge in [-0.3, -0.25) is 0 Å². The molecule has 0 aromatic carbocycles. The predicted molar refractivity (Wildman–Crippen MR) is 90.0 cm³/mol. The molecule has 112 valence electrons. The summed E-state index contributed by atoms with van der Waals surface area (Å²) in [6.07, 6.45) is 11.8. The minimum atomic E-state index is 0.733. The van der Waals surface area contributed by atoms with Gasteiger partial charge in [-0.15, -0.1) is 0 Å². The zero-order valence-corrected chi connectivity index (χ0v) is 12.9. The summed E-state index contributed by atoms with van der Waals surface area (Å²) in [6, 6.07) is 0. The van der Waals surface area contributed by atoms with E-state index in [1.807, 2.05) is 43.4 Å². The number of allylic oxidation sites excluding steroid dienone is 7. The van der Waals surface area contributed by atoms with Crippen molar-refractivity contribution < 1.29 is 0 Å². The molecule has 0 amide bonds. The number of likely N-dealkylation sites (N-methyl/N-ethyl adjacent to an activating group) is 1. The highest BCUT2D eigenvalue weighted by Crippen LogP contribution is 2.17. The molecule has 1 aliphatic heterocycles. The van der Waals surface area contributed by atoms with E-state index in [4.69, 9.17) is 5.73 Å². The molecule has 0 radical (unpaired) electrons. The first kappa shape index (κ1) is 15.3. The summed E-state index contributed by atoms with van der Waals surface area (Å²) in [6.45, 7) is 9.86. The Bertz CT molecular complexity index is 541. The van der Waals surface area contributed by atoms with E-state index in [1.165, 1.54) is 0 Å². The summed E-state index contributed by atoms with van der Waals surface area (Å²) in [5.41, 5.74) is 8.97. The van der Waals surface area contributed by atoms with Crippen LogP contribution in [0.2, 0.25) is 0 Å². The van der Waals surface area contributed by atoms with Crippen molar-refractivity contribution in [2.24, 2.45) is 10.7 Å². The summed E-state index contributed by atoms with van der Waals surface area (Å²) in [5, 5.41) is 0. The van der Waals surface area contributed by atoms with Crippen LogP contribution in [-0.2, 0) is 0 Å². The third-order valence-electron chi connectivity index (χ3n) is 3.65. The Kier molecular flexibility index (Phi) is 5.17. The molecule has 0 spiro atoms. The molecule has 0 unspecified atom stereocenters. The predicted octanol–water partition coefficient (Wildman–Crippen LogP) is 2.06. The van der Waals surface area contributed by atoms with Crippen LogP contribution in [0.5, 0.6) is 0 Å². The van der Waals surface area contributed by atoms with Gasteiger partial charge in [0.15, 0.2) is 0 Å². The number of piperazine rings is 1. The fourth-order valence-electron chi connectivity index (χ4n) is 2.39. The van der Waals surface area contributed by atoms with Gasteiger partial charge in [-0.25, -0.2) is 4.99 Å². The molecule has 0 aromatic rings. The van der Waals surface area contributed by atoms with Crippen molar-refractivity contribution in [2.75, 3.05) is 33.2 Å². The van der Waals surface area contributed by atoms with Crippen molar-refractivity contribution in [3.63, 3.8) is 0 Å². The maximum Gasteiger partial charge on any atom is 0.108 e. The smallest absolute Gasteiger partial charge is 0.108 e. The Morgan fingerprint density at radius 3 is 2.57 bits per heavy atom. The summed E-state index contributed by atoms with van der Waals surface area (Å²) < 4.78 is 0. The molecule has 4 nitrogen and oxygen atoms in total. The number of nitrogens with two attached hydrogens (primary N) is 1. The van der Waals surface area contributed by atoms with E-state index >= 15 is 0 Å². The SMILES string of the molecule is C=C(/C=C/C)/N=C1/C=CC=C/C1=C(/N)N1CCN(C)CC1. The molecule has 0 saturated carbocycles. The van der Waals surface area contributed by atoms with Crippen molar-refractivity contribution in [2.45, 2.75) is 6.92 Å². The lowest BCUT2D eigenvalue weighted by molar-refractivity contribution is 0.184. The Morgan fingerprint density at radius 2 is 1.90 bits per heavy atom. The van der Waals surface area contributed by atoms with E-state index < -0.39 is 0 Å². The van der Waals surface area contributed by atoms with Crippen molar-refractivity contribution in [1.82, 2.24) is 9.80 Å². The second-order valence-corrected chi connectivity index (χ2v) is 5.30. The zero-order valence-electron chi connectivity index (χ0n) is 12.9. The first-order valence-corrected chi connectivity index (χ1v) is 7.30. The minimum Gasteiger partial charge on any atom is -0.385 e. The summed E-state index contributed by atoms with van der Waals surface area (Å²) in [7, 11) is 2.14. The van der Waals surface area contributed by atoms with E-state index in [1.54, 1.807) is 0 Å². The van der Waals surface area contributed by atoms with Crippen LogP contribution >= 0.6 is 0 Å². The molecule has 2 aliphatic rings. The lowest BCUT2D eigenvalue weighted by atomic mass is 10.0. The Hall–Kier alpha value is -2.07. The van der Waals surface area contributed by atoms with Crippen LogP contribution in [0.25, 0.3) is 0 Å². The Balaban J connectivity index is 2.25. The van der Waals surface area contributed by atoms with Crippen molar-refractivity contribution in [1.29, 1.82) is 0 Å². The lowest BCUT2D eigenvalue weighted by Gasteiger charge is -2.35. The molecule has 0 bridgehead atoms. The Labute approximate surface area is 127 Å². The average Bonchev–Trinajstić information content (AvgIpc) is 2.48. The lowest BCUT2D eigenvalue weighted by Crippen LogP contribution is -2.46. The Morgan fingerprint density at radius 1 is 1.24 bits per heavy atom. The second-order valence-electron chi connectivity index (χ2n) is 5.30. The first-order valence-electron chi connectivity index (χ1n) is 7.30. The van der Waals surface area contributed by atoms with Gasteiger partial charge in [0.1, 0.15) is 5.82 Å². The highest BCUT2D eigenvalue weighted by molar-refractivity contribution is 6.12. The third-order valence-corrected chi connectivity index (χ3v) is 3.65. The fraction of sp³-hybridized carbons (Fsp3) is 0.353. The van der Waals surface area contributed by atoms with Crippen molar-refractivity contribution in [3.05, 3.63) is 60.1 Å². The molecule has 1 aliphatic carbocycles. The molecule has 2 N–H and O–H groups in total. The van der Waals surface area contributed by atoms with E-state index in [2.05, 4.69) is 28.4 Å². The van der Waals surface area contributed by atoms with Crippen molar-refractivity contribution >= 4 is 5.71 Å². The molecular weight excluding hydrogens is 260 g/mol. The van der Waals surface area contributed by atoms with E-state index in [0.717, 1.165) is 49.0 Å². The van der Waals surface area contributed by atoms with Crippen LogP contribution in [0.3, 0.4) is 0 Å². The van der Waals surface area contributed by atoms with Gasteiger partial charge in [0, 0.05) is 31.8 Å². The van der Waals surface area contributed by atoms with E-state index in [-0.39, 0.29) is 0 Å². The maximum absolute atomic E-state index is 6.38. The molecule has 1 heterocycles. The molecule has 0 atom stereocenters. The van der Waals surface area contributed by atoms with Gasteiger partial charge < -0.3 is 15.5 Å². The van der Waals surface area contributed by atoms with Gasteiger partial charge in [-0.05, 0) is 32.2 Å². The number of hydrogen-bond donors (Lipinski definition) is 1. The molecule has 1 saturated heterocycles. The second kappa shape index (κ2) is 7.09. The molecule has 1 fully saturated rings. The third kappa shape index (κ3) is 3.95. The van der Waals surface area contributed by atoms with Gasteiger partial charge in [0.05, 0.1) is 11.4 Å². The van der Waals surface area contributed by atoms with Gasteiger partial charge in [0.2, 0.25) is 0 Å². The topological polar surface area (TPSA) is 44.9 Å². The highest BCUT2D eigenvalue weighted by atomic mass is 15.3. The van der Waals surface area contributed by atoms with Crippen LogP contribution < -0.4 is 5.73 Å². The minimum absolute atomic E-state index is 0.733. The fourth-order valence-corrected chi connectivity index (χ4v) is 2.39. The van der Waals surface area contributed by atoms with Gasteiger partial charge in [-0.2, -0.15) is 0 Å².